The molecule has 1 unspecified atom stereocenters. The van der Waals surface area contributed by atoms with Crippen molar-refractivity contribution in [2.24, 2.45) is 10.9 Å². The Hall–Kier alpha value is -2.10. The fraction of sp³-hybridized carbons (Fsp3) is 0.600. The summed E-state index contributed by atoms with van der Waals surface area (Å²) < 4.78 is 5.89. The number of nitriles is 1. The van der Waals surface area contributed by atoms with Crippen LogP contribution < -0.4 is 10.6 Å². The van der Waals surface area contributed by atoms with Crippen molar-refractivity contribution < 1.29 is 4.74 Å². The van der Waals surface area contributed by atoms with E-state index in [0.29, 0.717) is 18.0 Å². The first kappa shape index (κ1) is 20.2. The molecule has 6 nitrogen and oxygen atoms in total. The molecule has 0 saturated carbocycles. The van der Waals surface area contributed by atoms with Crippen LogP contribution in [0.5, 0.6) is 0 Å². The SMILES string of the molecule is CCNC(=NCc1ccc(C#N)cc1)NCC1CN(CC(C)C)CCO1. The van der Waals surface area contributed by atoms with Crippen LogP contribution in [-0.2, 0) is 11.3 Å². The molecule has 142 valence electrons. The van der Waals surface area contributed by atoms with Gasteiger partial charge in [-0.05, 0) is 30.5 Å². The summed E-state index contributed by atoms with van der Waals surface area (Å²) in [6.45, 7) is 12.6. The van der Waals surface area contributed by atoms with E-state index >= 15 is 0 Å². The molecule has 0 aliphatic carbocycles. The van der Waals surface area contributed by atoms with Crippen LogP contribution in [0.4, 0.5) is 0 Å². The van der Waals surface area contributed by atoms with Crippen molar-refractivity contribution in [2.45, 2.75) is 33.4 Å². The van der Waals surface area contributed by atoms with Crippen LogP contribution in [0.15, 0.2) is 29.3 Å². The largest absolute Gasteiger partial charge is 0.374 e. The Morgan fingerprint density at radius 1 is 1.35 bits per heavy atom. The van der Waals surface area contributed by atoms with E-state index in [1.807, 2.05) is 24.3 Å². The fourth-order valence-corrected chi connectivity index (χ4v) is 2.99. The Kier molecular flexibility index (Phi) is 8.39. The van der Waals surface area contributed by atoms with Crippen LogP contribution >= 0.6 is 0 Å². The van der Waals surface area contributed by atoms with E-state index in [1.54, 1.807) is 0 Å². The highest BCUT2D eigenvalue weighted by molar-refractivity contribution is 5.79. The number of aliphatic imine (C=N–C) groups is 1. The zero-order chi connectivity index (χ0) is 18.8. The van der Waals surface area contributed by atoms with Gasteiger partial charge in [0.1, 0.15) is 0 Å². The number of hydrogen-bond acceptors (Lipinski definition) is 4. The Labute approximate surface area is 157 Å². The van der Waals surface area contributed by atoms with E-state index in [-0.39, 0.29) is 6.10 Å². The summed E-state index contributed by atoms with van der Waals surface area (Å²) in [5.41, 5.74) is 1.75. The Balaban J connectivity index is 1.85. The lowest BCUT2D eigenvalue weighted by molar-refractivity contribution is -0.0284. The van der Waals surface area contributed by atoms with Crippen molar-refractivity contribution in [1.29, 1.82) is 5.26 Å². The minimum Gasteiger partial charge on any atom is -0.374 e. The molecule has 1 aromatic carbocycles. The number of hydrogen-bond donors (Lipinski definition) is 2. The van der Waals surface area contributed by atoms with Crippen molar-refractivity contribution in [3.8, 4) is 6.07 Å². The van der Waals surface area contributed by atoms with Crippen molar-refractivity contribution in [3.63, 3.8) is 0 Å². The molecule has 1 aliphatic heterocycles. The third-order valence-corrected chi connectivity index (χ3v) is 4.19. The maximum atomic E-state index is 8.86. The molecular weight excluding hydrogens is 326 g/mol. The highest BCUT2D eigenvalue weighted by Crippen LogP contribution is 2.08. The molecule has 6 heteroatoms. The fourth-order valence-electron chi connectivity index (χ4n) is 2.99. The molecule has 1 heterocycles. The van der Waals surface area contributed by atoms with Crippen LogP contribution in [0.1, 0.15) is 31.9 Å². The number of guanidine groups is 1. The lowest BCUT2D eigenvalue weighted by Crippen LogP contribution is -2.50. The number of nitrogens with zero attached hydrogens (tertiary/aromatic N) is 3. The molecule has 0 amide bonds. The van der Waals surface area contributed by atoms with Gasteiger partial charge in [-0.2, -0.15) is 5.26 Å². The Bertz CT molecular complexity index is 606. The lowest BCUT2D eigenvalue weighted by atomic mass is 10.1. The Morgan fingerprint density at radius 2 is 2.12 bits per heavy atom. The second-order valence-electron chi connectivity index (χ2n) is 7.03. The molecule has 1 atom stereocenters. The van der Waals surface area contributed by atoms with Crippen molar-refractivity contribution in [3.05, 3.63) is 35.4 Å². The highest BCUT2D eigenvalue weighted by atomic mass is 16.5. The highest BCUT2D eigenvalue weighted by Gasteiger charge is 2.21. The monoisotopic (exact) mass is 357 g/mol. The minimum atomic E-state index is 0.182. The topological polar surface area (TPSA) is 72.7 Å². The van der Waals surface area contributed by atoms with E-state index in [2.05, 4.69) is 47.4 Å². The molecule has 26 heavy (non-hydrogen) atoms. The summed E-state index contributed by atoms with van der Waals surface area (Å²) in [5, 5.41) is 15.5. The van der Waals surface area contributed by atoms with E-state index in [0.717, 1.165) is 50.9 Å². The van der Waals surface area contributed by atoms with Gasteiger partial charge in [0, 0.05) is 32.7 Å². The normalized spacial score (nSPS) is 18.6. The van der Waals surface area contributed by atoms with Gasteiger partial charge in [0.15, 0.2) is 5.96 Å². The van der Waals surface area contributed by atoms with Gasteiger partial charge in [-0.1, -0.05) is 26.0 Å². The molecular formula is C20H31N5O. The smallest absolute Gasteiger partial charge is 0.191 e. The number of rotatable bonds is 7. The van der Waals surface area contributed by atoms with Crippen molar-refractivity contribution >= 4 is 5.96 Å². The second-order valence-corrected chi connectivity index (χ2v) is 7.03. The van der Waals surface area contributed by atoms with Crippen LogP contribution in [0.2, 0.25) is 0 Å². The molecule has 0 bridgehead atoms. The van der Waals surface area contributed by atoms with Crippen LogP contribution in [-0.4, -0.2) is 56.3 Å². The summed E-state index contributed by atoms with van der Waals surface area (Å²) >= 11 is 0. The number of ether oxygens (including phenoxy) is 1. The lowest BCUT2D eigenvalue weighted by Gasteiger charge is -2.34. The van der Waals surface area contributed by atoms with Gasteiger partial charge in [-0.15, -0.1) is 0 Å². The van der Waals surface area contributed by atoms with Gasteiger partial charge in [-0.3, -0.25) is 4.90 Å². The average Bonchev–Trinajstić information content (AvgIpc) is 2.64. The van der Waals surface area contributed by atoms with Crippen molar-refractivity contribution in [2.75, 3.05) is 39.3 Å². The van der Waals surface area contributed by atoms with Crippen LogP contribution in [0, 0.1) is 17.2 Å². The first-order chi connectivity index (χ1) is 12.6. The molecule has 1 aromatic rings. The average molecular weight is 358 g/mol. The van der Waals surface area contributed by atoms with Crippen LogP contribution in [0.3, 0.4) is 0 Å². The predicted octanol–water partition coefficient (Wildman–Crippen LogP) is 1.97. The van der Waals surface area contributed by atoms with Gasteiger partial charge in [0.25, 0.3) is 0 Å². The predicted molar refractivity (Wildman–Crippen MR) is 105 cm³/mol. The zero-order valence-corrected chi connectivity index (χ0v) is 16.2. The Morgan fingerprint density at radius 3 is 2.77 bits per heavy atom. The molecule has 0 aromatic heterocycles. The summed E-state index contributed by atoms with van der Waals surface area (Å²) in [6, 6.07) is 9.67. The van der Waals surface area contributed by atoms with Crippen LogP contribution in [0.25, 0.3) is 0 Å². The molecule has 1 saturated heterocycles. The minimum absolute atomic E-state index is 0.182. The molecule has 1 aliphatic rings. The van der Waals surface area contributed by atoms with E-state index < -0.39 is 0 Å². The molecule has 2 rings (SSSR count). The van der Waals surface area contributed by atoms with Gasteiger partial charge in [0.05, 0.1) is 30.9 Å². The summed E-state index contributed by atoms with van der Waals surface area (Å²) in [4.78, 5) is 7.11. The summed E-state index contributed by atoms with van der Waals surface area (Å²) in [7, 11) is 0. The summed E-state index contributed by atoms with van der Waals surface area (Å²) in [5.74, 6) is 1.47. The maximum absolute atomic E-state index is 8.86. The van der Waals surface area contributed by atoms with Crippen molar-refractivity contribution in [1.82, 2.24) is 15.5 Å². The second kappa shape index (κ2) is 10.8. The van der Waals surface area contributed by atoms with Gasteiger partial charge < -0.3 is 15.4 Å². The van der Waals surface area contributed by atoms with E-state index in [4.69, 9.17) is 10.00 Å². The third kappa shape index (κ3) is 7.03. The molecule has 2 N–H and O–H groups in total. The van der Waals surface area contributed by atoms with Gasteiger partial charge in [-0.25, -0.2) is 4.99 Å². The number of morpholine rings is 1. The molecule has 0 radical (unpaired) electrons. The van der Waals surface area contributed by atoms with E-state index in [9.17, 15) is 0 Å². The number of nitrogens with one attached hydrogen (secondary N) is 2. The first-order valence-corrected chi connectivity index (χ1v) is 9.46. The first-order valence-electron chi connectivity index (χ1n) is 9.46. The third-order valence-electron chi connectivity index (χ3n) is 4.19. The molecule has 0 spiro atoms. The van der Waals surface area contributed by atoms with Gasteiger partial charge >= 0.3 is 0 Å². The zero-order valence-electron chi connectivity index (χ0n) is 16.2. The van der Waals surface area contributed by atoms with E-state index in [1.165, 1.54) is 0 Å². The van der Waals surface area contributed by atoms with Gasteiger partial charge in [0.2, 0.25) is 0 Å². The number of benzene rings is 1. The maximum Gasteiger partial charge on any atom is 0.191 e. The summed E-state index contributed by atoms with van der Waals surface area (Å²) in [6.07, 6.45) is 0.182. The molecule has 1 fully saturated rings. The standard InChI is InChI=1S/C20H31N5O/c1-4-22-20(23-12-18-7-5-17(11-21)6-8-18)24-13-19-15-25(9-10-26-19)14-16(2)3/h5-8,16,19H,4,9-10,12-15H2,1-3H3,(H2,22,23,24). The quantitative estimate of drug-likeness (QED) is 0.577.